The van der Waals surface area contributed by atoms with Gasteiger partial charge in [-0.15, -0.1) is 0 Å². The number of hydrogen-bond donors (Lipinski definition) is 1. The number of nitrogens with zero attached hydrogens (tertiary/aromatic N) is 3. The van der Waals surface area contributed by atoms with E-state index in [9.17, 15) is 10.1 Å². The molecule has 5 rings (SSSR count). The molecular formula is C22H24N4O. The number of fused-ring (bicyclic) bond motifs is 3. The Morgan fingerprint density at radius 3 is 3.15 bits per heavy atom. The van der Waals surface area contributed by atoms with Crippen molar-refractivity contribution in [1.29, 1.82) is 5.26 Å². The van der Waals surface area contributed by atoms with Gasteiger partial charge in [0, 0.05) is 31.1 Å². The van der Waals surface area contributed by atoms with Gasteiger partial charge in [-0.25, -0.2) is 4.98 Å². The monoisotopic (exact) mass is 360 g/mol. The number of amides is 1. The number of carbonyl (C=O) groups excluding carboxylic acids is 1. The normalized spacial score (nSPS) is 27.2. The minimum atomic E-state index is 0. The summed E-state index contributed by atoms with van der Waals surface area (Å²) in [5.41, 5.74) is 6.19. The summed E-state index contributed by atoms with van der Waals surface area (Å²) in [5.74, 6) is 0.781. The molecule has 0 radical (unpaired) electrons. The first-order chi connectivity index (χ1) is 13.2. The minimum Gasteiger partial charge on any atom is -0.345 e. The van der Waals surface area contributed by atoms with E-state index in [-0.39, 0.29) is 13.4 Å². The van der Waals surface area contributed by atoms with Crippen LogP contribution in [0.15, 0.2) is 47.3 Å². The van der Waals surface area contributed by atoms with Crippen molar-refractivity contribution in [2.75, 3.05) is 6.54 Å². The molecule has 1 fully saturated rings. The number of hydrogen-bond acceptors (Lipinski definition) is 3. The van der Waals surface area contributed by atoms with E-state index in [0.717, 1.165) is 54.4 Å². The van der Waals surface area contributed by atoms with E-state index in [1.807, 2.05) is 18.2 Å². The number of nitrogens with one attached hydrogen (secondary N) is 1. The lowest BCUT2D eigenvalue weighted by molar-refractivity contribution is 0.0564. The van der Waals surface area contributed by atoms with Gasteiger partial charge in [-0.1, -0.05) is 12.5 Å². The molecule has 0 saturated carbocycles. The molecule has 2 heterocycles. The quantitative estimate of drug-likeness (QED) is 0.827. The number of H-pyrrole nitrogens is 1. The number of aromatic amines is 1. The van der Waals surface area contributed by atoms with Gasteiger partial charge < -0.3 is 9.88 Å². The number of aromatic nitrogens is 2. The number of piperidine rings is 1. The molecule has 1 aromatic heterocycles. The number of likely N-dealkylation sites (tertiary alicyclic amines) is 1. The summed E-state index contributed by atoms with van der Waals surface area (Å²) >= 11 is 0. The Kier molecular flexibility index (Phi) is 3.68. The molecule has 0 spiro atoms. The first-order valence-corrected chi connectivity index (χ1v) is 9.73. The van der Waals surface area contributed by atoms with Crippen LogP contribution in [0.3, 0.4) is 0 Å². The lowest BCUT2D eigenvalue weighted by atomic mass is 9.82. The van der Waals surface area contributed by atoms with E-state index >= 15 is 0 Å². The number of imidazole rings is 1. The highest BCUT2D eigenvalue weighted by atomic mass is 16.2. The number of rotatable bonds is 1. The van der Waals surface area contributed by atoms with Gasteiger partial charge >= 0.3 is 0 Å². The van der Waals surface area contributed by atoms with E-state index < -0.39 is 0 Å². The molecule has 1 unspecified atom stereocenters. The Hall–Kier alpha value is -2.87. The molecule has 5 heteroatoms. The molecule has 2 aromatic rings. The number of benzene rings is 1. The molecule has 1 N–H and O–H groups in total. The van der Waals surface area contributed by atoms with Crippen LogP contribution in [0.4, 0.5) is 0 Å². The van der Waals surface area contributed by atoms with Gasteiger partial charge in [0.2, 0.25) is 0 Å². The largest absolute Gasteiger partial charge is 0.345 e. The maximum atomic E-state index is 13.3. The van der Waals surface area contributed by atoms with Crippen LogP contribution in [-0.4, -0.2) is 33.4 Å². The fourth-order valence-corrected chi connectivity index (χ4v) is 5.13. The highest BCUT2D eigenvalue weighted by Crippen LogP contribution is 2.47. The summed E-state index contributed by atoms with van der Waals surface area (Å²) in [7, 11) is 0. The van der Waals surface area contributed by atoms with Crippen LogP contribution in [0.1, 0.15) is 44.4 Å². The van der Waals surface area contributed by atoms with E-state index in [1.54, 1.807) is 6.33 Å². The Morgan fingerprint density at radius 1 is 1.41 bits per heavy atom. The summed E-state index contributed by atoms with van der Waals surface area (Å²) in [5, 5.41) is 9.42. The molecule has 138 valence electrons. The van der Waals surface area contributed by atoms with Crippen molar-refractivity contribution in [3.63, 3.8) is 0 Å². The number of nitriles is 1. The lowest BCUT2D eigenvalue weighted by Gasteiger charge is -2.38. The van der Waals surface area contributed by atoms with Crippen LogP contribution in [0.2, 0.25) is 0 Å². The highest BCUT2D eigenvalue weighted by Gasteiger charge is 2.43. The average Bonchev–Trinajstić information content (AvgIpc) is 3.29. The number of carbonyl (C=O) groups is 1. The smallest absolute Gasteiger partial charge is 0.254 e. The zero-order valence-electron chi connectivity index (χ0n) is 15.4. The minimum absolute atomic E-state index is 0. The van der Waals surface area contributed by atoms with Crippen LogP contribution < -0.4 is 0 Å². The fraction of sp³-hybridized carbons (Fsp3) is 0.409. The first kappa shape index (κ1) is 16.3. The molecule has 0 bridgehead atoms. The third-order valence-electron chi connectivity index (χ3n) is 6.49. The van der Waals surface area contributed by atoms with E-state index in [0.29, 0.717) is 11.8 Å². The standard InChI is InChI=1S/C22H22N4O.H2/c1-13-7-15-10-21-17(18(15)8-16(13)11-23)3-2-6-26(21)22(27)14-4-5-19-20(9-14)25-12-24-19;/h4-5,8-9,12-13,17,21H,2-3,6-7,10H2,1H3,(H,24,25);1H/t13?,17-,21+;/m1./s1. The van der Waals surface area contributed by atoms with Gasteiger partial charge in [0.1, 0.15) is 0 Å². The second-order valence-corrected chi connectivity index (χ2v) is 8.03. The summed E-state index contributed by atoms with van der Waals surface area (Å²) in [6.07, 6.45) is 7.82. The van der Waals surface area contributed by atoms with Gasteiger partial charge in [0.25, 0.3) is 5.91 Å². The average molecular weight is 360 g/mol. The summed E-state index contributed by atoms with van der Waals surface area (Å²) in [6.45, 7) is 2.94. The zero-order chi connectivity index (χ0) is 18.5. The van der Waals surface area contributed by atoms with Crippen molar-refractivity contribution in [3.8, 4) is 6.07 Å². The number of allylic oxidation sites excluding steroid dienone is 2. The van der Waals surface area contributed by atoms with Gasteiger partial charge in [-0.3, -0.25) is 4.79 Å². The topological polar surface area (TPSA) is 72.8 Å². The lowest BCUT2D eigenvalue weighted by Crippen LogP contribution is -2.47. The van der Waals surface area contributed by atoms with Crippen LogP contribution in [0.25, 0.3) is 11.0 Å². The zero-order valence-corrected chi connectivity index (χ0v) is 15.4. The predicted octanol–water partition coefficient (Wildman–Crippen LogP) is 4.22. The molecule has 1 saturated heterocycles. The third-order valence-corrected chi connectivity index (χ3v) is 6.49. The van der Waals surface area contributed by atoms with E-state index in [2.05, 4.69) is 33.9 Å². The van der Waals surface area contributed by atoms with Gasteiger partial charge in [-0.05, 0) is 61.4 Å². The van der Waals surface area contributed by atoms with Crippen molar-refractivity contribution in [2.24, 2.45) is 11.8 Å². The highest BCUT2D eigenvalue weighted by molar-refractivity contribution is 5.97. The second kappa shape index (κ2) is 6.09. The van der Waals surface area contributed by atoms with Crippen molar-refractivity contribution >= 4 is 16.9 Å². The van der Waals surface area contributed by atoms with Crippen LogP contribution in [0.5, 0.6) is 0 Å². The molecular weight excluding hydrogens is 336 g/mol. The molecule has 1 aromatic carbocycles. The molecule has 5 nitrogen and oxygen atoms in total. The first-order valence-electron chi connectivity index (χ1n) is 9.73. The van der Waals surface area contributed by atoms with Gasteiger partial charge in [0.05, 0.1) is 23.4 Å². The van der Waals surface area contributed by atoms with Gasteiger partial charge in [-0.2, -0.15) is 5.26 Å². The van der Waals surface area contributed by atoms with Crippen molar-refractivity contribution in [2.45, 2.75) is 38.6 Å². The summed E-state index contributed by atoms with van der Waals surface area (Å²) < 4.78 is 0. The fourth-order valence-electron chi connectivity index (χ4n) is 5.13. The van der Waals surface area contributed by atoms with Gasteiger partial charge in [0.15, 0.2) is 0 Å². The van der Waals surface area contributed by atoms with E-state index in [1.165, 1.54) is 11.1 Å². The summed E-state index contributed by atoms with van der Waals surface area (Å²) in [6, 6.07) is 8.30. The predicted molar refractivity (Wildman–Crippen MR) is 105 cm³/mol. The van der Waals surface area contributed by atoms with Crippen molar-refractivity contribution in [3.05, 3.63) is 52.9 Å². The van der Waals surface area contributed by atoms with Crippen LogP contribution in [0, 0.1) is 23.2 Å². The molecule has 2 aliphatic carbocycles. The summed E-state index contributed by atoms with van der Waals surface area (Å²) in [4.78, 5) is 22.7. The maximum Gasteiger partial charge on any atom is 0.254 e. The Labute approximate surface area is 159 Å². The Balaban J connectivity index is 0.00000192. The molecule has 1 amide bonds. The molecule has 3 aliphatic rings. The molecule has 27 heavy (non-hydrogen) atoms. The Morgan fingerprint density at radius 2 is 2.30 bits per heavy atom. The van der Waals surface area contributed by atoms with Crippen molar-refractivity contribution in [1.82, 2.24) is 14.9 Å². The molecule has 1 aliphatic heterocycles. The van der Waals surface area contributed by atoms with E-state index in [4.69, 9.17) is 0 Å². The Bertz CT molecular complexity index is 1040. The van der Waals surface area contributed by atoms with Crippen molar-refractivity contribution < 1.29 is 6.22 Å². The van der Waals surface area contributed by atoms with Crippen LogP contribution >= 0.6 is 0 Å². The molecule has 3 atom stereocenters. The van der Waals surface area contributed by atoms with Crippen LogP contribution in [-0.2, 0) is 0 Å². The second-order valence-electron chi connectivity index (χ2n) is 8.03. The third kappa shape index (κ3) is 2.51. The SMILES string of the molecule is CC1CC2=C(C=C1C#N)[C@H]1CCCN(C(=O)c3ccc4nc[nH]c4c3)[C@H]1C2.[HH]. The maximum absolute atomic E-state index is 13.3.